The predicted octanol–water partition coefficient (Wildman–Crippen LogP) is 1.32. The van der Waals surface area contributed by atoms with Crippen LogP contribution in [-0.2, 0) is 11.2 Å². The zero-order valence-corrected chi connectivity index (χ0v) is 11.0. The van der Waals surface area contributed by atoms with Crippen LogP contribution in [-0.4, -0.2) is 22.6 Å². The molecule has 0 atom stereocenters. The van der Waals surface area contributed by atoms with Crippen LogP contribution in [0.3, 0.4) is 0 Å². The van der Waals surface area contributed by atoms with Gasteiger partial charge in [0.2, 0.25) is 11.8 Å². The highest BCUT2D eigenvalue weighted by Crippen LogP contribution is 2.14. The van der Waals surface area contributed by atoms with Gasteiger partial charge in [-0.15, -0.1) is 5.10 Å². The quantitative estimate of drug-likeness (QED) is 0.888. The van der Waals surface area contributed by atoms with Crippen molar-refractivity contribution in [2.45, 2.75) is 6.42 Å². The lowest BCUT2D eigenvalue weighted by Gasteiger charge is -1.97. The molecule has 0 saturated heterocycles. The standard InChI is InChI=1S/C11H11BrN4O2/c12-8-3-1-7(2-4-8)5-10-15-16-11(18-10)14-9(17)6-13/h1-4H,5-6,13H2,(H,14,16,17). The first kappa shape index (κ1) is 12.7. The Morgan fingerprint density at radius 2 is 2.06 bits per heavy atom. The minimum atomic E-state index is -0.367. The summed E-state index contributed by atoms with van der Waals surface area (Å²) < 4.78 is 6.28. The first-order chi connectivity index (χ1) is 8.67. The van der Waals surface area contributed by atoms with Crippen molar-refractivity contribution in [1.82, 2.24) is 10.2 Å². The molecule has 1 aromatic carbocycles. The molecule has 7 heteroatoms. The molecule has 0 saturated carbocycles. The fourth-order valence-electron chi connectivity index (χ4n) is 1.32. The van der Waals surface area contributed by atoms with Crippen molar-refractivity contribution in [3.8, 4) is 0 Å². The number of carbonyl (C=O) groups is 1. The Morgan fingerprint density at radius 1 is 1.33 bits per heavy atom. The van der Waals surface area contributed by atoms with Crippen molar-refractivity contribution in [3.05, 3.63) is 40.2 Å². The van der Waals surface area contributed by atoms with Crippen molar-refractivity contribution in [2.75, 3.05) is 11.9 Å². The molecule has 6 nitrogen and oxygen atoms in total. The normalized spacial score (nSPS) is 10.3. The second-order valence-corrected chi connectivity index (χ2v) is 4.47. The summed E-state index contributed by atoms with van der Waals surface area (Å²) in [6, 6.07) is 7.84. The minimum Gasteiger partial charge on any atom is -0.407 e. The lowest BCUT2D eigenvalue weighted by molar-refractivity contribution is -0.115. The number of hydrogen-bond donors (Lipinski definition) is 2. The largest absolute Gasteiger partial charge is 0.407 e. The van der Waals surface area contributed by atoms with E-state index in [2.05, 4.69) is 31.4 Å². The van der Waals surface area contributed by atoms with Gasteiger partial charge < -0.3 is 10.2 Å². The summed E-state index contributed by atoms with van der Waals surface area (Å²) in [4.78, 5) is 11.0. The number of benzene rings is 1. The highest BCUT2D eigenvalue weighted by Gasteiger charge is 2.09. The van der Waals surface area contributed by atoms with Gasteiger partial charge in [0.15, 0.2) is 0 Å². The molecule has 1 aromatic heterocycles. The molecule has 2 rings (SSSR count). The minimum absolute atomic E-state index is 0.0672. The van der Waals surface area contributed by atoms with E-state index in [1.807, 2.05) is 24.3 Å². The third-order valence-electron chi connectivity index (χ3n) is 2.17. The number of nitrogens with two attached hydrogens (primary N) is 1. The Bertz CT molecular complexity index is 538. The van der Waals surface area contributed by atoms with E-state index in [0.717, 1.165) is 10.0 Å². The third kappa shape index (κ3) is 3.38. The van der Waals surface area contributed by atoms with Crippen molar-refractivity contribution in [2.24, 2.45) is 5.73 Å². The van der Waals surface area contributed by atoms with Gasteiger partial charge >= 0.3 is 6.01 Å². The highest BCUT2D eigenvalue weighted by atomic mass is 79.9. The summed E-state index contributed by atoms with van der Waals surface area (Å²) in [7, 11) is 0. The van der Waals surface area contributed by atoms with Gasteiger partial charge in [0.25, 0.3) is 0 Å². The van der Waals surface area contributed by atoms with E-state index >= 15 is 0 Å². The summed E-state index contributed by atoms with van der Waals surface area (Å²) >= 11 is 3.36. The maximum Gasteiger partial charge on any atom is 0.322 e. The van der Waals surface area contributed by atoms with E-state index in [0.29, 0.717) is 12.3 Å². The van der Waals surface area contributed by atoms with Gasteiger partial charge in [0.05, 0.1) is 13.0 Å². The monoisotopic (exact) mass is 310 g/mol. The van der Waals surface area contributed by atoms with Crippen molar-refractivity contribution < 1.29 is 9.21 Å². The fraction of sp³-hybridized carbons (Fsp3) is 0.182. The number of nitrogens with one attached hydrogen (secondary N) is 1. The summed E-state index contributed by atoms with van der Waals surface area (Å²) in [6.45, 7) is -0.121. The molecule has 0 radical (unpaired) electrons. The summed E-state index contributed by atoms with van der Waals surface area (Å²) in [5.74, 6) is 0.0680. The van der Waals surface area contributed by atoms with Gasteiger partial charge in [-0.1, -0.05) is 33.2 Å². The Kier molecular flexibility index (Phi) is 4.06. The van der Waals surface area contributed by atoms with E-state index < -0.39 is 0 Å². The lowest BCUT2D eigenvalue weighted by atomic mass is 10.2. The number of aromatic nitrogens is 2. The molecule has 94 valence electrons. The average Bonchev–Trinajstić information content (AvgIpc) is 2.79. The molecule has 1 amide bonds. The molecule has 0 bridgehead atoms. The van der Waals surface area contributed by atoms with Crippen LogP contribution >= 0.6 is 15.9 Å². The topological polar surface area (TPSA) is 94.0 Å². The van der Waals surface area contributed by atoms with E-state index in [-0.39, 0.29) is 18.5 Å². The molecule has 3 N–H and O–H groups in total. The lowest BCUT2D eigenvalue weighted by Crippen LogP contribution is -2.21. The smallest absolute Gasteiger partial charge is 0.322 e. The van der Waals surface area contributed by atoms with Gasteiger partial charge in [0, 0.05) is 4.47 Å². The van der Waals surface area contributed by atoms with Crippen molar-refractivity contribution >= 4 is 27.9 Å². The molecule has 18 heavy (non-hydrogen) atoms. The molecular weight excluding hydrogens is 300 g/mol. The molecule has 0 fully saturated rings. The van der Waals surface area contributed by atoms with E-state index in [1.54, 1.807) is 0 Å². The molecule has 0 aliphatic carbocycles. The summed E-state index contributed by atoms with van der Waals surface area (Å²) in [5, 5.41) is 9.94. The Morgan fingerprint density at radius 3 is 2.72 bits per heavy atom. The molecule has 0 spiro atoms. The second-order valence-electron chi connectivity index (χ2n) is 3.56. The third-order valence-corrected chi connectivity index (χ3v) is 2.70. The molecule has 0 aliphatic rings. The first-order valence-electron chi connectivity index (χ1n) is 5.24. The number of halogens is 1. The molecule has 0 aliphatic heterocycles. The second kappa shape index (κ2) is 5.74. The molecule has 1 heterocycles. The molecular formula is C11H11BrN4O2. The summed E-state index contributed by atoms with van der Waals surface area (Å²) in [6.07, 6.45) is 0.513. The fourth-order valence-corrected chi connectivity index (χ4v) is 1.59. The average molecular weight is 311 g/mol. The SMILES string of the molecule is NCC(=O)Nc1nnc(Cc2ccc(Br)cc2)o1. The van der Waals surface area contributed by atoms with Gasteiger partial charge in [-0.3, -0.25) is 10.1 Å². The number of amides is 1. The Balaban J connectivity index is 2.02. The van der Waals surface area contributed by atoms with Crippen LogP contribution in [0.25, 0.3) is 0 Å². The number of hydrogen-bond acceptors (Lipinski definition) is 5. The van der Waals surface area contributed by atoms with Crippen LogP contribution in [0.1, 0.15) is 11.5 Å². The number of rotatable bonds is 4. The van der Waals surface area contributed by atoms with Gasteiger partial charge in [-0.2, -0.15) is 0 Å². The van der Waals surface area contributed by atoms with Crippen LogP contribution in [0.2, 0.25) is 0 Å². The van der Waals surface area contributed by atoms with Crippen LogP contribution in [0.5, 0.6) is 0 Å². The van der Waals surface area contributed by atoms with Gasteiger partial charge in [0.1, 0.15) is 0 Å². The van der Waals surface area contributed by atoms with Crippen molar-refractivity contribution in [3.63, 3.8) is 0 Å². The van der Waals surface area contributed by atoms with Crippen molar-refractivity contribution in [1.29, 1.82) is 0 Å². The van der Waals surface area contributed by atoms with Crippen LogP contribution in [0, 0.1) is 0 Å². The van der Waals surface area contributed by atoms with E-state index in [1.165, 1.54) is 0 Å². The van der Waals surface area contributed by atoms with E-state index in [4.69, 9.17) is 10.2 Å². The zero-order chi connectivity index (χ0) is 13.0. The zero-order valence-electron chi connectivity index (χ0n) is 9.39. The Hall–Kier alpha value is -1.73. The van der Waals surface area contributed by atoms with Crippen LogP contribution in [0.15, 0.2) is 33.2 Å². The van der Waals surface area contributed by atoms with Crippen LogP contribution < -0.4 is 11.1 Å². The highest BCUT2D eigenvalue weighted by molar-refractivity contribution is 9.10. The Labute approximate surface area is 112 Å². The maximum absolute atomic E-state index is 11.0. The van der Waals surface area contributed by atoms with Gasteiger partial charge in [-0.25, -0.2) is 0 Å². The first-order valence-corrected chi connectivity index (χ1v) is 6.03. The maximum atomic E-state index is 11.0. The van der Waals surface area contributed by atoms with Crippen LogP contribution in [0.4, 0.5) is 6.01 Å². The number of carbonyl (C=O) groups excluding carboxylic acids is 1. The molecule has 2 aromatic rings. The molecule has 0 unspecified atom stereocenters. The number of anilines is 1. The predicted molar refractivity (Wildman–Crippen MR) is 68.9 cm³/mol. The summed E-state index contributed by atoms with van der Waals surface area (Å²) in [5.41, 5.74) is 6.20. The van der Waals surface area contributed by atoms with Gasteiger partial charge in [-0.05, 0) is 17.7 Å². The van der Waals surface area contributed by atoms with E-state index in [9.17, 15) is 4.79 Å². The number of nitrogens with zero attached hydrogens (tertiary/aromatic N) is 2.